The molecule has 0 saturated heterocycles. The third-order valence-corrected chi connectivity index (χ3v) is 3.89. The van der Waals surface area contributed by atoms with Crippen molar-refractivity contribution in [2.24, 2.45) is 0 Å². The zero-order chi connectivity index (χ0) is 17.2. The van der Waals surface area contributed by atoms with Gasteiger partial charge in [-0.15, -0.1) is 5.10 Å². The summed E-state index contributed by atoms with van der Waals surface area (Å²) < 4.78 is 6.74. The summed E-state index contributed by atoms with van der Waals surface area (Å²) in [5, 5.41) is 12.0. The van der Waals surface area contributed by atoms with Gasteiger partial charge < -0.3 is 9.73 Å². The Morgan fingerprint density at radius 1 is 1.12 bits per heavy atom. The van der Waals surface area contributed by atoms with Gasteiger partial charge in [-0.3, -0.25) is 9.59 Å². The molecule has 2 aromatic carbocycles. The highest BCUT2D eigenvalue weighted by atomic mass is 16.3. The van der Waals surface area contributed by atoms with Gasteiger partial charge in [0.1, 0.15) is 11.1 Å². The molecule has 7 nitrogen and oxygen atoms in total. The molecule has 0 atom stereocenters. The molecule has 0 spiro atoms. The first kappa shape index (κ1) is 15.1. The van der Waals surface area contributed by atoms with Crippen molar-refractivity contribution >= 4 is 27.8 Å². The lowest BCUT2D eigenvalue weighted by Crippen LogP contribution is -2.32. The second-order valence-corrected chi connectivity index (χ2v) is 5.54. The Morgan fingerprint density at radius 2 is 1.92 bits per heavy atom. The van der Waals surface area contributed by atoms with E-state index in [1.165, 1.54) is 4.68 Å². The van der Waals surface area contributed by atoms with Crippen LogP contribution >= 0.6 is 0 Å². The number of amides is 1. The Hall–Kier alpha value is -3.48. The van der Waals surface area contributed by atoms with Crippen molar-refractivity contribution in [1.29, 1.82) is 0 Å². The molecule has 0 aliphatic rings. The van der Waals surface area contributed by atoms with E-state index in [-0.39, 0.29) is 30.3 Å². The highest BCUT2D eigenvalue weighted by molar-refractivity contribution is 5.96. The summed E-state index contributed by atoms with van der Waals surface area (Å²) in [6.45, 7) is 0.464. The number of furan rings is 1. The van der Waals surface area contributed by atoms with Gasteiger partial charge in [-0.1, -0.05) is 35.5 Å². The molecule has 0 radical (unpaired) electrons. The number of aromatic nitrogens is 3. The number of carbonyl (C=O) groups excluding carboxylic acids is 1. The van der Waals surface area contributed by atoms with Gasteiger partial charge >= 0.3 is 0 Å². The second kappa shape index (κ2) is 6.20. The van der Waals surface area contributed by atoms with Crippen molar-refractivity contribution in [1.82, 2.24) is 20.3 Å². The standard InChI is InChI=1S/C18H14N4O3/c23-17(16-11-12-5-1-4-8-15(12)25-16)19-9-10-22-18(24)13-6-2-3-7-14(13)20-21-22/h1-8,11H,9-10H2,(H,19,23). The number of carbonyl (C=O) groups is 1. The number of rotatable bonds is 4. The third-order valence-electron chi connectivity index (χ3n) is 3.89. The van der Waals surface area contributed by atoms with Gasteiger partial charge in [-0.2, -0.15) is 0 Å². The summed E-state index contributed by atoms with van der Waals surface area (Å²) in [6.07, 6.45) is 0. The summed E-state index contributed by atoms with van der Waals surface area (Å²) in [6, 6.07) is 16.1. The summed E-state index contributed by atoms with van der Waals surface area (Å²) in [5.74, 6) is -0.101. The molecule has 2 aromatic heterocycles. The van der Waals surface area contributed by atoms with Crippen LogP contribution in [-0.4, -0.2) is 27.4 Å². The molecular formula is C18H14N4O3. The maximum absolute atomic E-state index is 12.3. The van der Waals surface area contributed by atoms with Crippen LogP contribution in [0.4, 0.5) is 0 Å². The maximum atomic E-state index is 12.3. The monoisotopic (exact) mass is 334 g/mol. The van der Waals surface area contributed by atoms with Crippen molar-refractivity contribution in [2.45, 2.75) is 6.54 Å². The lowest BCUT2D eigenvalue weighted by molar-refractivity contribution is 0.0926. The minimum Gasteiger partial charge on any atom is -0.451 e. The minimum atomic E-state index is -0.335. The molecular weight excluding hydrogens is 320 g/mol. The number of fused-ring (bicyclic) bond motifs is 2. The number of benzene rings is 2. The van der Waals surface area contributed by atoms with Gasteiger partial charge in [0.05, 0.1) is 11.9 Å². The number of hydrogen-bond acceptors (Lipinski definition) is 5. The van der Waals surface area contributed by atoms with Crippen LogP contribution in [0.1, 0.15) is 10.6 Å². The minimum absolute atomic E-state index is 0.225. The Morgan fingerprint density at radius 3 is 2.80 bits per heavy atom. The van der Waals surface area contributed by atoms with Crippen LogP contribution in [-0.2, 0) is 6.54 Å². The van der Waals surface area contributed by atoms with Crippen molar-refractivity contribution < 1.29 is 9.21 Å². The van der Waals surface area contributed by atoms with Crippen LogP contribution in [0.5, 0.6) is 0 Å². The number of para-hydroxylation sites is 1. The van der Waals surface area contributed by atoms with Gasteiger partial charge in [-0.25, -0.2) is 4.68 Å². The number of hydrogen-bond donors (Lipinski definition) is 1. The van der Waals surface area contributed by atoms with Gasteiger partial charge in [0.2, 0.25) is 0 Å². The van der Waals surface area contributed by atoms with Crippen molar-refractivity contribution in [3.05, 3.63) is 70.7 Å². The maximum Gasteiger partial charge on any atom is 0.287 e. The summed E-state index contributed by atoms with van der Waals surface area (Å²) in [4.78, 5) is 24.5. The third kappa shape index (κ3) is 2.87. The molecule has 124 valence electrons. The summed E-state index contributed by atoms with van der Waals surface area (Å²) in [7, 11) is 0. The van der Waals surface area contributed by atoms with Gasteiger partial charge in [0.25, 0.3) is 11.5 Å². The Balaban J connectivity index is 1.46. The van der Waals surface area contributed by atoms with E-state index in [4.69, 9.17) is 4.42 Å². The topological polar surface area (TPSA) is 90.0 Å². The molecule has 4 rings (SSSR count). The van der Waals surface area contributed by atoms with E-state index in [9.17, 15) is 9.59 Å². The molecule has 0 bridgehead atoms. The van der Waals surface area contributed by atoms with E-state index in [0.717, 1.165) is 5.39 Å². The van der Waals surface area contributed by atoms with Crippen LogP contribution in [0, 0.1) is 0 Å². The molecule has 0 fully saturated rings. The normalized spacial score (nSPS) is 11.0. The van der Waals surface area contributed by atoms with E-state index >= 15 is 0 Å². The van der Waals surface area contributed by atoms with Crippen molar-refractivity contribution in [2.75, 3.05) is 6.54 Å². The Kier molecular flexibility index (Phi) is 3.74. The van der Waals surface area contributed by atoms with E-state index in [1.807, 2.05) is 18.2 Å². The molecule has 0 unspecified atom stereocenters. The van der Waals surface area contributed by atoms with Crippen LogP contribution in [0.15, 0.2) is 63.8 Å². The van der Waals surface area contributed by atoms with Gasteiger partial charge in [-0.05, 0) is 24.3 Å². The molecule has 0 aliphatic heterocycles. The summed E-state index contributed by atoms with van der Waals surface area (Å²) in [5.41, 5.74) is 0.975. The zero-order valence-electron chi connectivity index (χ0n) is 13.2. The van der Waals surface area contributed by atoms with Crippen LogP contribution in [0.25, 0.3) is 21.9 Å². The van der Waals surface area contributed by atoms with Crippen LogP contribution < -0.4 is 10.9 Å². The van der Waals surface area contributed by atoms with E-state index in [0.29, 0.717) is 16.5 Å². The Bertz CT molecular complexity index is 1100. The molecule has 7 heteroatoms. The molecule has 1 amide bonds. The van der Waals surface area contributed by atoms with E-state index < -0.39 is 0 Å². The lowest BCUT2D eigenvalue weighted by atomic mass is 10.2. The first-order valence-corrected chi connectivity index (χ1v) is 7.82. The second-order valence-electron chi connectivity index (χ2n) is 5.54. The largest absolute Gasteiger partial charge is 0.451 e. The highest BCUT2D eigenvalue weighted by Crippen LogP contribution is 2.18. The molecule has 25 heavy (non-hydrogen) atoms. The molecule has 1 N–H and O–H groups in total. The number of nitrogens with zero attached hydrogens (tertiary/aromatic N) is 3. The molecule has 4 aromatic rings. The smallest absolute Gasteiger partial charge is 0.287 e. The molecule has 0 aliphatic carbocycles. The molecule has 2 heterocycles. The fourth-order valence-electron chi connectivity index (χ4n) is 2.63. The summed E-state index contributed by atoms with van der Waals surface area (Å²) >= 11 is 0. The average Bonchev–Trinajstić information content (AvgIpc) is 3.08. The van der Waals surface area contributed by atoms with Crippen LogP contribution in [0.2, 0.25) is 0 Å². The van der Waals surface area contributed by atoms with Crippen molar-refractivity contribution in [3.63, 3.8) is 0 Å². The lowest BCUT2D eigenvalue weighted by Gasteiger charge is -2.05. The SMILES string of the molecule is O=C(NCCn1nnc2ccccc2c1=O)c1cc2ccccc2o1. The Labute approximate surface area is 141 Å². The van der Waals surface area contributed by atoms with Gasteiger partial charge in [0, 0.05) is 11.9 Å². The number of nitrogens with one attached hydrogen (secondary N) is 1. The predicted octanol–water partition coefficient (Wildman–Crippen LogP) is 1.97. The average molecular weight is 334 g/mol. The highest BCUT2D eigenvalue weighted by Gasteiger charge is 2.12. The van der Waals surface area contributed by atoms with Crippen LogP contribution in [0.3, 0.4) is 0 Å². The van der Waals surface area contributed by atoms with Gasteiger partial charge in [0.15, 0.2) is 5.76 Å². The zero-order valence-corrected chi connectivity index (χ0v) is 13.2. The van der Waals surface area contributed by atoms with E-state index in [1.54, 1.807) is 36.4 Å². The molecule has 0 saturated carbocycles. The fraction of sp³-hybridized carbons (Fsp3) is 0.111. The first-order valence-electron chi connectivity index (χ1n) is 7.82. The first-order chi connectivity index (χ1) is 12.2. The quantitative estimate of drug-likeness (QED) is 0.616. The van der Waals surface area contributed by atoms with E-state index in [2.05, 4.69) is 15.6 Å². The predicted molar refractivity (Wildman–Crippen MR) is 92.3 cm³/mol. The van der Waals surface area contributed by atoms with Crippen molar-refractivity contribution in [3.8, 4) is 0 Å². The fourth-order valence-corrected chi connectivity index (χ4v) is 2.63.